The van der Waals surface area contributed by atoms with Crippen LogP contribution in [-0.2, 0) is 14.9 Å². The van der Waals surface area contributed by atoms with Crippen molar-refractivity contribution in [3.05, 3.63) is 0 Å². The molecule has 0 saturated heterocycles. The summed E-state index contributed by atoms with van der Waals surface area (Å²) in [6.07, 6.45) is -12.9. The maximum Gasteiger partial charge on any atom is 0.526 e. The molecule has 0 aromatic rings. The molecule has 0 aromatic heterocycles. The van der Waals surface area contributed by atoms with Gasteiger partial charge in [-0.05, 0) is 0 Å². The van der Waals surface area contributed by atoms with Crippen molar-refractivity contribution in [2.24, 2.45) is 0 Å². The van der Waals surface area contributed by atoms with Gasteiger partial charge in [-0.15, -0.1) is 13.2 Å². The van der Waals surface area contributed by atoms with Crippen LogP contribution in [0.5, 0.6) is 0 Å². The Morgan fingerprint density at radius 3 is 1.33 bits per heavy atom. The molecule has 0 saturated carbocycles. The molecule has 0 fully saturated rings. The number of alkyl halides is 7. The van der Waals surface area contributed by atoms with Gasteiger partial charge in [-0.3, -0.25) is 0 Å². The molecule has 1 unspecified atom stereocenters. The first-order valence-corrected chi connectivity index (χ1v) is 4.09. The minimum Gasteiger partial charge on any atom is -0.743 e. The summed E-state index contributed by atoms with van der Waals surface area (Å²) in [7, 11) is -7.04. The molecule has 92 valence electrons. The van der Waals surface area contributed by atoms with E-state index < -0.39 is 27.8 Å². The van der Waals surface area contributed by atoms with Crippen LogP contribution < -0.4 is 0 Å². The third-order valence-corrected chi connectivity index (χ3v) is 1.87. The van der Waals surface area contributed by atoms with Gasteiger partial charge in [-0.1, -0.05) is 0 Å². The molecule has 0 aliphatic heterocycles. The molecule has 0 spiro atoms. The Balaban J connectivity index is 5.46. The van der Waals surface area contributed by atoms with E-state index in [9.17, 15) is 43.7 Å². The number of hydrogen-bond donors (Lipinski definition) is 0. The van der Waals surface area contributed by atoms with E-state index in [-0.39, 0.29) is 0 Å². The molecule has 0 N–H and O–H groups in total. The minimum absolute atomic E-state index is 1.66. The van der Waals surface area contributed by atoms with E-state index in [0.29, 0.717) is 0 Å². The second-order valence-corrected chi connectivity index (χ2v) is 3.47. The third-order valence-electron chi connectivity index (χ3n) is 0.907. The van der Waals surface area contributed by atoms with E-state index in [2.05, 4.69) is 0 Å². The van der Waals surface area contributed by atoms with Gasteiger partial charge in [0.25, 0.3) is 0 Å². The first-order chi connectivity index (χ1) is 6.21. The number of rotatable bonds is 2. The Morgan fingerprint density at radius 2 is 1.27 bits per heavy atom. The molecule has 0 aliphatic rings. The zero-order chi connectivity index (χ0) is 12.7. The fourth-order valence-corrected chi connectivity index (χ4v) is 0.880. The summed E-state index contributed by atoms with van der Waals surface area (Å²) < 4.78 is 111. The average Bonchev–Trinajstić information content (AvgIpc) is 1.77. The van der Waals surface area contributed by atoms with Crippen LogP contribution in [-0.4, -0.2) is 30.7 Å². The van der Waals surface area contributed by atoms with Crippen molar-refractivity contribution in [1.29, 1.82) is 0 Å². The van der Waals surface area contributed by atoms with Crippen molar-refractivity contribution in [2.75, 3.05) is 0 Å². The predicted octanol–water partition coefficient (Wildman–Crippen LogP) is 1.25. The van der Waals surface area contributed by atoms with Crippen molar-refractivity contribution in [1.82, 2.24) is 0 Å². The van der Waals surface area contributed by atoms with Crippen molar-refractivity contribution in [3.8, 4) is 0 Å². The zero-order valence-electron chi connectivity index (χ0n) is 6.19. The van der Waals surface area contributed by atoms with Crippen molar-refractivity contribution < 1.29 is 48.4 Å². The van der Waals surface area contributed by atoms with Gasteiger partial charge in [0, 0.05) is 0 Å². The van der Waals surface area contributed by atoms with Gasteiger partial charge >= 0.3 is 17.7 Å². The average molecular weight is 265 g/mol. The van der Waals surface area contributed by atoms with Crippen LogP contribution in [0.25, 0.3) is 0 Å². The lowest BCUT2D eigenvalue weighted by Gasteiger charge is -2.29. The van der Waals surface area contributed by atoms with Crippen LogP contribution in [0.1, 0.15) is 0 Å². The second kappa shape index (κ2) is 3.45. The molecular weight excluding hydrogens is 265 g/mol. The second-order valence-electron chi connectivity index (χ2n) is 2.04. The highest BCUT2D eigenvalue weighted by atomic mass is 32.2. The molecule has 0 aromatic carbocycles. The summed E-state index contributed by atoms with van der Waals surface area (Å²) >= 11 is 0. The fourth-order valence-electron chi connectivity index (χ4n) is 0.399. The van der Waals surface area contributed by atoms with Crippen LogP contribution >= 0.6 is 0 Å². The predicted molar refractivity (Wildman–Crippen MR) is 26.7 cm³/mol. The summed E-state index contributed by atoms with van der Waals surface area (Å²) in [5, 5.41) is -6.35. The topological polar surface area (TPSA) is 66.4 Å². The standard InChI is InChI=1S/C3HF7O4S/c4-1(5,6)2(7,15(11,12)13)14-3(8,9)10/h(H,11,12,13)/p-1. The van der Waals surface area contributed by atoms with Crippen LogP contribution in [0.4, 0.5) is 30.7 Å². The summed E-state index contributed by atoms with van der Waals surface area (Å²) in [5.74, 6) is 0. The monoisotopic (exact) mass is 265 g/mol. The lowest BCUT2D eigenvalue weighted by Crippen LogP contribution is -2.52. The molecular formula is C3F7O4S-. The maximum absolute atomic E-state index is 12.3. The Morgan fingerprint density at radius 1 is 0.933 bits per heavy atom. The van der Waals surface area contributed by atoms with E-state index in [1.165, 1.54) is 0 Å². The van der Waals surface area contributed by atoms with E-state index in [1.54, 1.807) is 4.74 Å². The Labute approximate surface area is 77.4 Å². The van der Waals surface area contributed by atoms with E-state index in [4.69, 9.17) is 0 Å². The molecule has 12 heteroatoms. The van der Waals surface area contributed by atoms with Gasteiger partial charge in [0.1, 0.15) is 0 Å². The quantitative estimate of drug-likeness (QED) is 0.556. The molecule has 0 aliphatic carbocycles. The van der Waals surface area contributed by atoms with Gasteiger partial charge in [-0.2, -0.15) is 17.6 Å². The molecule has 0 amide bonds. The number of hydrogen-bond acceptors (Lipinski definition) is 4. The van der Waals surface area contributed by atoms with Crippen LogP contribution in [0.15, 0.2) is 0 Å². The Bertz CT molecular complexity index is 327. The molecule has 0 rings (SSSR count). The first-order valence-electron chi connectivity index (χ1n) is 2.69. The molecule has 0 heterocycles. The van der Waals surface area contributed by atoms with Crippen molar-refractivity contribution in [2.45, 2.75) is 17.7 Å². The van der Waals surface area contributed by atoms with E-state index in [0.717, 1.165) is 0 Å². The minimum atomic E-state index is -7.04. The summed E-state index contributed by atoms with van der Waals surface area (Å²) in [4.78, 5) is 0. The van der Waals surface area contributed by atoms with Gasteiger partial charge in [0.05, 0.1) is 0 Å². The van der Waals surface area contributed by atoms with Gasteiger partial charge in [0.15, 0.2) is 10.1 Å². The summed E-state index contributed by atoms with van der Waals surface area (Å²) in [5.41, 5.74) is 0. The first kappa shape index (κ1) is 14.4. The van der Waals surface area contributed by atoms with Gasteiger partial charge in [0.2, 0.25) is 0 Å². The lowest BCUT2D eigenvalue weighted by atomic mass is 10.6. The number of halogens is 7. The molecule has 0 radical (unpaired) electrons. The lowest BCUT2D eigenvalue weighted by molar-refractivity contribution is -0.421. The smallest absolute Gasteiger partial charge is 0.526 e. The largest absolute Gasteiger partial charge is 0.743 e. The van der Waals surface area contributed by atoms with Crippen LogP contribution in [0, 0.1) is 0 Å². The molecule has 0 bridgehead atoms. The highest BCUT2D eigenvalue weighted by Crippen LogP contribution is 2.42. The highest BCUT2D eigenvalue weighted by Gasteiger charge is 2.67. The molecule has 4 nitrogen and oxygen atoms in total. The normalized spacial score (nSPS) is 18.7. The highest BCUT2D eigenvalue weighted by molar-refractivity contribution is 7.86. The summed E-state index contributed by atoms with van der Waals surface area (Å²) in [6, 6.07) is 0. The van der Waals surface area contributed by atoms with Crippen LogP contribution in [0.3, 0.4) is 0 Å². The molecule has 15 heavy (non-hydrogen) atoms. The SMILES string of the molecule is O=S(=O)([O-])C(F)(OC(F)(F)F)C(F)(F)F. The summed E-state index contributed by atoms with van der Waals surface area (Å²) in [6.45, 7) is 0. The van der Waals surface area contributed by atoms with E-state index >= 15 is 0 Å². The van der Waals surface area contributed by atoms with Gasteiger partial charge in [-0.25, -0.2) is 13.2 Å². The Hall–Kier alpha value is -0.620. The van der Waals surface area contributed by atoms with Crippen LogP contribution in [0.2, 0.25) is 0 Å². The van der Waals surface area contributed by atoms with Gasteiger partial charge < -0.3 is 4.55 Å². The number of ether oxygens (including phenoxy) is 1. The van der Waals surface area contributed by atoms with Crippen molar-refractivity contribution >= 4 is 10.1 Å². The maximum atomic E-state index is 12.3. The van der Waals surface area contributed by atoms with E-state index in [1.807, 2.05) is 0 Å². The third kappa shape index (κ3) is 3.17. The Kier molecular flexibility index (Phi) is 3.31. The van der Waals surface area contributed by atoms with Crippen molar-refractivity contribution in [3.63, 3.8) is 0 Å². The zero-order valence-corrected chi connectivity index (χ0v) is 7.00. The molecule has 1 atom stereocenters. The fraction of sp³-hybridized carbons (Fsp3) is 1.00.